The molecule has 1 atom stereocenters. The molecule has 0 aliphatic heterocycles. The number of carbonyl (C=O) groups excluding carboxylic acids is 1. The number of amides is 1. The average molecular weight is 297 g/mol. The van der Waals surface area contributed by atoms with E-state index in [1.165, 1.54) is 0 Å². The molecule has 1 rings (SSSR count). The molecule has 0 bridgehead atoms. The summed E-state index contributed by atoms with van der Waals surface area (Å²) < 4.78 is 1.03. The van der Waals surface area contributed by atoms with E-state index in [9.17, 15) is 4.79 Å². The summed E-state index contributed by atoms with van der Waals surface area (Å²) in [5, 5.41) is 5.93. The number of aryl methyl sites for hydroxylation is 1. The Morgan fingerprint density at radius 3 is 2.88 bits per heavy atom. The van der Waals surface area contributed by atoms with Crippen LogP contribution < -0.4 is 10.6 Å². The Morgan fingerprint density at radius 1 is 1.59 bits per heavy atom. The van der Waals surface area contributed by atoms with E-state index < -0.39 is 0 Å². The van der Waals surface area contributed by atoms with Crippen molar-refractivity contribution >= 4 is 27.5 Å². The highest BCUT2D eigenvalue weighted by molar-refractivity contribution is 9.10. The molecule has 17 heavy (non-hydrogen) atoms. The second-order valence-electron chi connectivity index (χ2n) is 3.86. The fourth-order valence-electron chi connectivity index (χ4n) is 1.41. The lowest BCUT2D eigenvalue weighted by Crippen LogP contribution is -2.37. The van der Waals surface area contributed by atoms with Gasteiger partial charge in [-0.2, -0.15) is 0 Å². The number of halogens is 1. The molecule has 3 nitrogen and oxygen atoms in total. The molecule has 1 unspecified atom stereocenters. The highest BCUT2D eigenvalue weighted by atomic mass is 79.9. The topological polar surface area (TPSA) is 41.1 Å². The van der Waals surface area contributed by atoms with Crippen molar-refractivity contribution in [2.75, 3.05) is 11.9 Å². The molecule has 92 valence electrons. The van der Waals surface area contributed by atoms with Gasteiger partial charge in [0.25, 0.3) is 0 Å². The van der Waals surface area contributed by atoms with Crippen LogP contribution in [0, 0.1) is 6.92 Å². The molecule has 4 heteroatoms. The van der Waals surface area contributed by atoms with Crippen molar-refractivity contribution in [3.05, 3.63) is 40.9 Å². The molecule has 0 radical (unpaired) electrons. The van der Waals surface area contributed by atoms with Crippen LogP contribution >= 0.6 is 15.9 Å². The highest BCUT2D eigenvalue weighted by Gasteiger charge is 2.12. The minimum absolute atomic E-state index is 0.0350. The quantitative estimate of drug-likeness (QED) is 0.821. The van der Waals surface area contributed by atoms with Crippen LogP contribution in [-0.4, -0.2) is 18.5 Å². The molecule has 0 spiro atoms. The number of anilines is 1. The van der Waals surface area contributed by atoms with Crippen LogP contribution in [-0.2, 0) is 4.79 Å². The van der Waals surface area contributed by atoms with Gasteiger partial charge >= 0.3 is 0 Å². The zero-order valence-corrected chi connectivity index (χ0v) is 11.7. The van der Waals surface area contributed by atoms with Gasteiger partial charge in [0.15, 0.2) is 0 Å². The first-order valence-electron chi connectivity index (χ1n) is 5.46. The molecule has 0 saturated carbocycles. The van der Waals surface area contributed by atoms with Gasteiger partial charge in [-0.15, -0.1) is 6.58 Å². The molecule has 1 aromatic carbocycles. The lowest BCUT2D eigenvalue weighted by molar-refractivity contribution is -0.121. The maximum Gasteiger partial charge on any atom is 0.242 e. The number of hydrogen-bond donors (Lipinski definition) is 2. The SMILES string of the molecule is C=CCNC(=O)C(C)Nc1ccc(Br)cc1C. The van der Waals surface area contributed by atoms with Gasteiger partial charge in [0.2, 0.25) is 5.91 Å². The summed E-state index contributed by atoms with van der Waals surface area (Å²) in [6, 6.07) is 5.65. The number of nitrogens with one attached hydrogen (secondary N) is 2. The minimum Gasteiger partial charge on any atom is -0.374 e. The Balaban J connectivity index is 2.64. The maximum atomic E-state index is 11.7. The summed E-state index contributed by atoms with van der Waals surface area (Å²) in [6.07, 6.45) is 1.66. The van der Waals surface area contributed by atoms with Gasteiger partial charge in [0.1, 0.15) is 6.04 Å². The predicted octanol–water partition coefficient (Wildman–Crippen LogP) is 2.86. The molecular formula is C13H17BrN2O. The Kier molecular flexibility index (Phi) is 5.22. The molecule has 1 aromatic rings. The van der Waals surface area contributed by atoms with E-state index >= 15 is 0 Å². The average Bonchev–Trinajstić information content (AvgIpc) is 2.29. The number of rotatable bonds is 5. The Bertz CT molecular complexity index is 418. The monoisotopic (exact) mass is 296 g/mol. The summed E-state index contributed by atoms with van der Waals surface area (Å²) in [4.78, 5) is 11.7. The van der Waals surface area contributed by atoms with Gasteiger partial charge < -0.3 is 10.6 Å². The summed E-state index contributed by atoms with van der Waals surface area (Å²) in [5.74, 6) is -0.0350. The van der Waals surface area contributed by atoms with E-state index in [0.717, 1.165) is 15.7 Å². The Morgan fingerprint density at radius 2 is 2.29 bits per heavy atom. The molecule has 1 amide bonds. The smallest absolute Gasteiger partial charge is 0.242 e. The summed E-state index contributed by atoms with van der Waals surface area (Å²) >= 11 is 3.41. The van der Waals surface area contributed by atoms with Gasteiger partial charge in [-0.1, -0.05) is 22.0 Å². The van der Waals surface area contributed by atoms with Crippen molar-refractivity contribution in [2.45, 2.75) is 19.9 Å². The fraction of sp³-hybridized carbons (Fsp3) is 0.308. The van der Waals surface area contributed by atoms with Crippen LogP contribution in [0.15, 0.2) is 35.3 Å². The first kappa shape index (κ1) is 13.8. The van der Waals surface area contributed by atoms with Crippen LogP contribution in [0.3, 0.4) is 0 Å². The Labute approximate surface area is 110 Å². The van der Waals surface area contributed by atoms with Crippen LogP contribution in [0.4, 0.5) is 5.69 Å². The standard InChI is InChI=1S/C13H17BrN2O/c1-4-7-15-13(17)10(3)16-12-6-5-11(14)8-9(12)2/h4-6,8,10,16H,1,7H2,2-3H3,(H,15,17). The van der Waals surface area contributed by atoms with Crippen molar-refractivity contribution in [2.24, 2.45) is 0 Å². The highest BCUT2D eigenvalue weighted by Crippen LogP contribution is 2.20. The molecule has 2 N–H and O–H groups in total. The van der Waals surface area contributed by atoms with E-state index in [2.05, 4.69) is 33.1 Å². The van der Waals surface area contributed by atoms with Crippen LogP contribution in [0.2, 0.25) is 0 Å². The van der Waals surface area contributed by atoms with Crippen molar-refractivity contribution in [1.82, 2.24) is 5.32 Å². The van der Waals surface area contributed by atoms with Gasteiger partial charge in [-0.25, -0.2) is 0 Å². The maximum absolute atomic E-state index is 11.7. The second-order valence-corrected chi connectivity index (χ2v) is 4.77. The van der Waals surface area contributed by atoms with Crippen LogP contribution in [0.5, 0.6) is 0 Å². The van der Waals surface area contributed by atoms with Crippen LogP contribution in [0.25, 0.3) is 0 Å². The van der Waals surface area contributed by atoms with Crippen LogP contribution in [0.1, 0.15) is 12.5 Å². The van der Waals surface area contributed by atoms with Gasteiger partial charge in [-0.05, 0) is 37.6 Å². The zero-order chi connectivity index (χ0) is 12.8. The van der Waals surface area contributed by atoms with E-state index in [4.69, 9.17) is 0 Å². The van der Waals surface area contributed by atoms with Gasteiger partial charge in [-0.3, -0.25) is 4.79 Å². The Hall–Kier alpha value is -1.29. The van der Waals surface area contributed by atoms with Crippen molar-refractivity contribution < 1.29 is 4.79 Å². The summed E-state index contributed by atoms with van der Waals surface area (Å²) in [7, 11) is 0. The number of benzene rings is 1. The minimum atomic E-state index is -0.269. The molecule has 0 saturated heterocycles. The molecule has 0 aliphatic rings. The zero-order valence-electron chi connectivity index (χ0n) is 10.1. The summed E-state index contributed by atoms with van der Waals surface area (Å²) in [6.45, 7) is 7.88. The molecule has 0 fully saturated rings. The third kappa shape index (κ3) is 4.23. The largest absolute Gasteiger partial charge is 0.374 e. The second kappa shape index (κ2) is 6.45. The molecular weight excluding hydrogens is 280 g/mol. The third-order valence-corrected chi connectivity index (χ3v) is 2.87. The number of carbonyl (C=O) groups is 1. The van der Waals surface area contributed by atoms with Gasteiger partial charge in [0, 0.05) is 16.7 Å². The summed E-state index contributed by atoms with van der Waals surface area (Å²) in [5.41, 5.74) is 2.07. The van der Waals surface area contributed by atoms with Crippen molar-refractivity contribution in [3.8, 4) is 0 Å². The lowest BCUT2D eigenvalue weighted by Gasteiger charge is -2.16. The molecule has 0 aromatic heterocycles. The normalized spacial score (nSPS) is 11.7. The first-order chi connectivity index (χ1) is 8.04. The van der Waals surface area contributed by atoms with Gasteiger partial charge in [0.05, 0.1) is 0 Å². The molecule has 0 heterocycles. The van der Waals surface area contributed by atoms with E-state index in [-0.39, 0.29) is 11.9 Å². The fourth-order valence-corrected chi connectivity index (χ4v) is 1.89. The number of hydrogen-bond acceptors (Lipinski definition) is 2. The lowest BCUT2D eigenvalue weighted by atomic mass is 10.2. The van der Waals surface area contributed by atoms with E-state index in [1.807, 2.05) is 32.0 Å². The van der Waals surface area contributed by atoms with E-state index in [1.54, 1.807) is 6.08 Å². The third-order valence-electron chi connectivity index (χ3n) is 2.37. The van der Waals surface area contributed by atoms with Crippen molar-refractivity contribution in [1.29, 1.82) is 0 Å². The first-order valence-corrected chi connectivity index (χ1v) is 6.25. The van der Waals surface area contributed by atoms with Crippen molar-refractivity contribution in [3.63, 3.8) is 0 Å². The van der Waals surface area contributed by atoms with E-state index in [0.29, 0.717) is 6.54 Å². The predicted molar refractivity (Wildman–Crippen MR) is 75.2 cm³/mol. The molecule has 0 aliphatic carbocycles.